The minimum atomic E-state index is -1.10. The third kappa shape index (κ3) is 3.02. The van der Waals surface area contributed by atoms with E-state index in [1.54, 1.807) is 4.90 Å². The molecule has 0 N–H and O–H groups in total. The molecule has 0 radical (unpaired) electrons. The van der Waals surface area contributed by atoms with Gasteiger partial charge < -0.3 is 9.42 Å². The van der Waals surface area contributed by atoms with E-state index in [-0.39, 0.29) is 22.5 Å². The molecule has 3 rings (SSSR count). The molecule has 1 amide bonds. The van der Waals surface area contributed by atoms with Crippen molar-refractivity contribution in [2.45, 2.75) is 38.6 Å². The summed E-state index contributed by atoms with van der Waals surface area (Å²) in [5, 5.41) is 3.96. The zero-order chi connectivity index (χ0) is 17.4. The Morgan fingerprint density at radius 2 is 2.04 bits per heavy atom. The van der Waals surface area contributed by atoms with Gasteiger partial charge >= 0.3 is 0 Å². The SMILES string of the molecule is CC(C)c1cc(C2CCCN2C(=O)c2cc(F)c(F)cc2Cl)no1. The molecule has 1 saturated heterocycles. The Hall–Kier alpha value is -1.95. The summed E-state index contributed by atoms with van der Waals surface area (Å²) in [6.07, 6.45) is 1.53. The number of amides is 1. The Bertz CT molecular complexity index is 776. The molecule has 0 saturated carbocycles. The second kappa shape index (κ2) is 6.51. The van der Waals surface area contributed by atoms with Gasteiger partial charge in [0.05, 0.1) is 16.6 Å². The molecule has 128 valence electrons. The van der Waals surface area contributed by atoms with Crippen LogP contribution in [0.4, 0.5) is 8.78 Å². The van der Waals surface area contributed by atoms with Gasteiger partial charge in [-0.05, 0) is 25.0 Å². The lowest BCUT2D eigenvalue weighted by molar-refractivity contribution is 0.0730. The molecule has 0 aliphatic carbocycles. The van der Waals surface area contributed by atoms with Crippen molar-refractivity contribution in [3.8, 4) is 0 Å². The highest BCUT2D eigenvalue weighted by molar-refractivity contribution is 6.33. The maximum absolute atomic E-state index is 13.5. The van der Waals surface area contributed by atoms with Gasteiger partial charge in [-0.1, -0.05) is 30.6 Å². The van der Waals surface area contributed by atoms with Crippen molar-refractivity contribution < 1.29 is 18.1 Å². The molecule has 1 unspecified atom stereocenters. The van der Waals surface area contributed by atoms with E-state index in [1.165, 1.54) is 0 Å². The summed E-state index contributed by atoms with van der Waals surface area (Å²) < 4.78 is 32.0. The van der Waals surface area contributed by atoms with Gasteiger partial charge in [0, 0.05) is 18.5 Å². The first kappa shape index (κ1) is 16.9. The Morgan fingerprint density at radius 3 is 2.71 bits per heavy atom. The minimum absolute atomic E-state index is 0.0463. The standard InChI is InChI=1S/C17H17ClF2N2O2/c1-9(2)16-8-14(21-24-16)15-4-3-5-22(15)17(23)10-6-12(19)13(20)7-11(10)18/h6-9,15H,3-5H2,1-2H3. The number of hydrogen-bond donors (Lipinski definition) is 0. The largest absolute Gasteiger partial charge is 0.361 e. The van der Waals surface area contributed by atoms with Gasteiger partial charge in [0.1, 0.15) is 11.5 Å². The van der Waals surface area contributed by atoms with Crippen molar-refractivity contribution in [3.05, 3.63) is 51.9 Å². The first-order chi connectivity index (χ1) is 11.4. The number of halogens is 3. The predicted molar refractivity (Wildman–Crippen MR) is 85.0 cm³/mol. The fourth-order valence-electron chi connectivity index (χ4n) is 2.89. The van der Waals surface area contributed by atoms with Crippen LogP contribution in [0.3, 0.4) is 0 Å². The van der Waals surface area contributed by atoms with Gasteiger partial charge in [-0.2, -0.15) is 0 Å². The summed E-state index contributed by atoms with van der Waals surface area (Å²) in [7, 11) is 0. The molecular weight excluding hydrogens is 338 g/mol. The molecule has 2 heterocycles. The third-order valence-electron chi connectivity index (χ3n) is 4.21. The van der Waals surface area contributed by atoms with E-state index in [0.29, 0.717) is 12.2 Å². The summed E-state index contributed by atoms with van der Waals surface area (Å²) in [5.41, 5.74) is 0.623. The first-order valence-corrected chi connectivity index (χ1v) is 8.18. The predicted octanol–water partition coefficient (Wildman–Crippen LogP) is 4.71. The minimum Gasteiger partial charge on any atom is -0.361 e. The molecule has 0 spiro atoms. The first-order valence-electron chi connectivity index (χ1n) is 7.80. The van der Waals surface area contributed by atoms with Gasteiger partial charge in [0.25, 0.3) is 5.91 Å². The number of carbonyl (C=O) groups excluding carboxylic acids is 1. The maximum Gasteiger partial charge on any atom is 0.256 e. The van der Waals surface area contributed by atoms with Crippen molar-refractivity contribution in [3.63, 3.8) is 0 Å². The zero-order valence-corrected chi connectivity index (χ0v) is 14.1. The molecule has 1 fully saturated rings. The highest BCUT2D eigenvalue weighted by Gasteiger charge is 2.34. The van der Waals surface area contributed by atoms with Crippen LogP contribution in [0, 0.1) is 11.6 Å². The smallest absolute Gasteiger partial charge is 0.256 e. The number of hydrogen-bond acceptors (Lipinski definition) is 3. The van der Waals surface area contributed by atoms with E-state index in [9.17, 15) is 13.6 Å². The zero-order valence-electron chi connectivity index (χ0n) is 13.4. The molecule has 1 aliphatic heterocycles. The summed E-state index contributed by atoms with van der Waals surface area (Å²) in [5.74, 6) is -1.67. The van der Waals surface area contributed by atoms with Crippen molar-refractivity contribution in [2.24, 2.45) is 0 Å². The van der Waals surface area contributed by atoms with Crippen LogP contribution >= 0.6 is 11.6 Å². The van der Waals surface area contributed by atoms with E-state index in [1.807, 2.05) is 19.9 Å². The van der Waals surface area contributed by atoms with E-state index in [2.05, 4.69) is 5.16 Å². The lowest BCUT2D eigenvalue weighted by Gasteiger charge is -2.23. The Labute approximate surface area is 143 Å². The summed E-state index contributed by atoms with van der Waals surface area (Å²) in [4.78, 5) is 14.3. The van der Waals surface area contributed by atoms with Crippen molar-refractivity contribution in [1.82, 2.24) is 10.1 Å². The van der Waals surface area contributed by atoms with Gasteiger partial charge in [-0.25, -0.2) is 8.78 Å². The van der Waals surface area contributed by atoms with Gasteiger partial charge in [-0.3, -0.25) is 4.79 Å². The number of rotatable bonds is 3. The van der Waals surface area contributed by atoms with Crippen LogP contribution < -0.4 is 0 Å². The van der Waals surface area contributed by atoms with Crippen LogP contribution in [0.1, 0.15) is 60.5 Å². The monoisotopic (exact) mass is 354 g/mol. The Balaban J connectivity index is 1.90. The number of aromatic nitrogens is 1. The number of nitrogens with zero attached hydrogens (tertiary/aromatic N) is 2. The molecular formula is C17H17ClF2N2O2. The molecule has 1 aromatic carbocycles. The van der Waals surface area contributed by atoms with Gasteiger partial charge in [-0.15, -0.1) is 0 Å². The van der Waals surface area contributed by atoms with Crippen LogP contribution in [-0.4, -0.2) is 22.5 Å². The number of benzene rings is 1. The topological polar surface area (TPSA) is 46.3 Å². The van der Waals surface area contributed by atoms with Crippen LogP contribution in [0.5, 0.6) is 0 Å². The van der Waals surface area contributed by atoms with Crippen molar-refractivity contribution in [1.29, 1.82) is 0 Å². The Kier molecular flexibility index (Phi) is 4.58. The van der Waals surface area contributed by atoms with Gasteiger partial charge in [0.15, 0.2) is 11.6 Å². The fourth-order valence-corrected chi connectivity index (χ4v) is 3.12. The third-order valence-corrected chi connectivity index (χ3v) is 4.52. The molecule has 1 aliphatic rings. The van der Waals surface area contributed by atoms with Crippen LogP contribution in [-0.2, 0) is 0 Å². The second-order valence-electron chi connectivity index (χ2n) is 6.21. The Morgan fingerprint density at radius 1 is 1.33 bits per heavy atom. The maximum atomic E-state index is 13.5. The van der Waals surface area contributed by atoms with E-state index in [4.69, 9.17) is 16.1 Å². The fraction of sp³-hybridized carbons (Fsp3) is 0.412. The molecule has 24 heavy (non-hydrogen) atoms. The van der Waals surface area contributed by atoms with E-state index < -0.39 is 17.5 Å². The number of likely N-dealkylation sites (tertiary alicyclic amines) is 1. The average molecular weight is 355 g/mol. The molecule has 2 aromatic rings. The van der Waals surface area contributed by atoms with Crippen LogP contribution in [0.2, 0.25) is 5.02 Å². The molecule has 0 bridgehead atoms. The number of carbonyl (C=O) groups is 1. The highest BCUT2D eigenvalue weighted by atomic mass is 35.5. The molecule has 1 aromatic heterocycles. The van der Waals surface area contributed by atoms with Crippen LogP contribution in [0.15, 0.2) is 22.7 Å². The van der Waals surface area contributed by atoms with E-state index >= 15 is 0 Å². The summed E-state index contributed by atoms with van der Waals surface area (Å²) in [6, 6.07) is 3.26. The van der Waals surface area contributed by atoms with E-state index in [0.717, 1.165) is 30.7 Å². The summed E-state index contributed by atoms with van der Waals surface area (Å²) >= 11 is 5.93. The molecule has 1 atom stereocenters. The quantitative estimate of drug-likeness (QED) is 0.750. The normalized spacial score (nSPS) is 17.8. The lowest BCUT2D eigenvalue weighted by Crippen LogP contribution is -2.31. The summed E-state index contributed by atoms with van der Waals surface area (Å²) in [6.45, 7) is 4.48. The van der Waals surface area contributed by atoms with Gasteiger partial charge in [0.2, 0.25) is 0 Å². The molecule has 4 nitrogen and oxygen atoms in total. The molecule has 7 heteroatoms. The average Bonchev–Trinajstić information content (AvgIpc) is 3.18. The highest BCUT2D eigenvalue weighted by Crippen LogP contribution is 2.35. The van der Waals surface area contributed by atoms with Crippen LogP contribution in [0.25, 0.3) is 0 Å². The van der Waals surface area contributed by atoms with Crippen molar-refractivity contribution >= 4 is 17.5 Å². The lowest BCUT2D eigenvalue weighted by atomic mass is 10.1. The second-order valence-corrected chi connectivity index (χ2v) is 6.62. The van der Waals surface area contributed by atoms with Crippen molar-refractivity contribution in [2.75, 3.05) is 6.54 Å².